The van der Waals surface area contributed by atoms with Crippen LogP contribution in [0.3, 0.4) is 0 Å². The average Bonchev–Trinajstić information content (AvgIpc) is 2.28. The lowest BCUT2D eigenvalue weighted by Crippen LogP contribution is -2.11. The third kappa shape index (κ3) is 3.37. The van der Waals surface area contributed by atoms with Crippen molar-refractivity contribution >= 4 is 11.6 Å². The normalized spacial score (nSPS) is 10.2. The largest absolute Gasteiger partial charge is 0.326 e. The van der Waals surface area contributed by atoms with Crippen molar-refractivity contribution in [2.75, 3.05) is 5.32 Å². The molecule has 0 aromatic heterocycles. The van der Waals surface area contributed by atoms with Gasteiger partial charge in [-0.25, -0.2) is 0 Å². The molecule has 1 N–H and O–H groups in total. The van der Waals surface area contributed by atoms with Crippen molar-refractivity contribution in [2.24, 2.45) is 0 Å². The van der Waals surface area contributed by atoms with Gasteiger partial charge in [0.05, 0.1) is 0 Å². The summed E-state index contributed by atoms with van der Waals surface area (Å²) in [7, 11) is 0. The van der Waals surface area contributed by atoms with Crippen molar-refractivity contribution in [3.63, 3.8) is 0 Å². The highest BCUT2D eigenvalue weighted by molar-refractivity contribution is 5.91. The molecule has 0 aliphatic heterocycles. The predicted octanol–water partition coefficient (Wildman–Crippen LogP) is 3.69. The van der Waals surface area contributed by atoms with Crippen molar-refractivity contribution in [1.82, 2.24) is 0 Å². The molecule has 0 fully saturated rings. The van der Waals surface area contributed by atoms with Gasteiger partial charge in [-0.15, -0.1) is 0 Å². The Balaban J connectivity index is 2.88. The zero-order chi connectivity index (χ0) is 12.0. The fourth-order valence-electron chi connectivity index (χ4n) is 1.74. The number of anilines is 1. The Morgan fingerprint density at radius 1 is 1.31 bits per heavy atom. The number of carbonyl (C=O) groups excluding carboxylic acids is 1. The van der Waals surface area contributed by atoms with Crippen LogP contribution in [0.1, 0.15) is 44.2 Å². The zero-order valence-electron chi connectivity index (χ0n) is 10.5. The van der Waals surface area contributed by atoms with Crippen LogP contribution in [0.15, 0.2) is 18.2 Å². The van der Waals surface area contributed by atoms with Crippen LogP contribution in [0.25, 0.3) is 0 Å². The summed E-state index contributed by atoms with van der Waals surface area (Å²) in [4.78, 5) is 11.4. The standard InChI is InChI=1S/C14H21NO/c1-4-6-9-12-11(3)8-7-10-13(12)15-14(16)5-2/h7-8,10H,4-6,9H2,1-3H3,(H,15,16). The van der Waals surface area contributed by atoms with Gasteiger partial charge in [0, 0.05) is 12.1 Å². The molecule has 0 bridgehead atoms. The van der Waals surface area contributed by atoms with Crippen LogP contribution in [-0.2, 0) is 11.2 Å². The number of nitrogens with one attached hydrogen (secondary N) is 1. The van der Waals surface area contributed by atoms with Crippen LogP contribution < -0.4 is 5.32 Å². The lowest BCUT2D eigenvalue weighted by atomic mass is 10.0. The molecule has 2 nitrogen and oxygen atoms in total. The summed E-state index contributed by atoms with van der Waals surface area (Å²) in [6.45, 7) is 6.16. The molecule has 2 heteroatoms. The molecule has 0 aliphatic carbocycles. The third-order valence-electron chi connectivity index (χ3n) is 2.79. The SMILES string of the molecule is CCCCc1c(C)cccc1NC(=O)CC. The van der Waals surface area contributed by atoms with Crippen molar-refractivity contribution < 1.29 is 4.79 Å². The van der Waals surface area contributed by atoms with Gasteiger partial charge in [-0.3, -0.25) is 4.79 Å². The van der Waals surface area contributed by atoms with Gasteiger partial charge in [0.15, 0.2) is 0 Å². The predicted molar refractivity (Wildman–Crippen MR) is 68.7 cm³/mol. The minimum absolute atomic E-state index is 0.0864. The molecule has 1 aromatic carbocycles. The van der Waals surface area contributed by atoms with E-state index in [2.05, 4.69) is 25.2 Å². The van der Waals surface area contributed by atoms with Gasteiger partial charge in [0.25, 0.3) is 0 Å². The van der Waals surface area contributed by atoms with E-state index in [0.29, 0.717) is 6.42 Å². The van der Waals surface area contributed by atoms with Crippen molar-refractivity contribution in [2.45, 2.75) is 46.5 Å². The lowest BCUT2D eigenvalue weighted by Gasteiger charge is -2.13. The lowest BCUT2D eigenvalue weighted by molar-refractivity contribution is -0.115. The molecule has 16 heavy (non-hydrogen) atoms. The summed E-state index contributed by atoms with van der Waals surface area (Å²) in [6.07, 6.45) is 3.92. The zero-order valence-corrected chi connectivity index (χ0v) is 10.5. The number of benzene rings is 1. The molecule has 0 unspecified atom stereocenters. The Kier molecular flexibility index (Phi) is 5.03. The fraction of sp³-hybridized carbons (Fsp3) is 0.500. The molecular formula is C14H21NO. The first-order chi connectivity index (χ1) is 7.69. The maximum atomic E-state index is 11.4. The van der Waals surface area contributed by atoms with Crippen molar-refractivity contribution in [3.05, 3.63) is 29.3 Å². The number of hydrogen-bond acceptors (Lipinski definition) is 1. The van der Waals surface area contributed by atoms with Gasteiger partial charge in [0.1, 0.15) is 0 Å². The topological polar surface area (TPSA) is 29.1 Å². The Bertz CT molecular complexity index is 358. The van der Waals surface area contributed by atoms with E-state index >= 15 is 0 Å². The summed E-state index contributed by atoms with van der Waals surface area (Å²) in [5, 5.41) is 2.97. The van der Waals surface area contributed by atoms with Crippen LogP contribution in [0.2, 0.25) is 0 Å². The second-order valence-corrected chi connectivity index (χ2v) is 4.11. The van der Waals surface area contributed by atoms with E-state index in [1.54, 1.807) is 0 Å². The molecule has 0 aliphatic rings. The van der Waals surface area contributed by atoms with Crippen molar-refractivity contribution in [1.29, 1.82) is 0 Å². The second-order valence-electron chi connectivity index (χ2n) is 4.11. The van der Waals surface area contributed by atoms with E-state index in [9.17, 15) is 4.79 Å². The van der Waals surface area contributed by atoms with Crippen LogP contribution >= 0.6 is 0 Å². The highest BCUT2D eigenvalue weighted by Gasteiger charge is 2.07. The van der Waals surface area contributed by atoms with E-state index < -0.39 is 0 Å². The first-order valence-corrected chi connectivity index (χ1v) is 6.07. The highest BCUT2D eigenvalue weighted by atomic mass is 16.1. The average molecular weight is 219 g/mol. The number of unbranched alkanes of at least 4 members (excludes halogenated alkanes) is 1. The maximum absolute atomic E-state index is 11.4. The van der Waals surface area contributed by atoms with Crippen LogP contribution in [0, 0.1) is 6.92 Å². The number of amides is 1. The van der Waals surface area contributed by atoms with E-state index in [-0.39, 0.29) is 5.91 Å². The molecule has 88 valence electrons. The van der Waals surface area contributed by atoms with E-state index in [0.717, 1.165) is 12.1 Å². The first-order valence-electron chi connectivity index (χ1n) is 6.07. The quantitative estimate of drug-likeness (QED) is 0.804. The van der Waals surface area contributed by atoms with Crippen LogP contribution in [0.5, 0.6) is 0 Å². The molecule has 0 saturated carbocycles. The van der Waals surface area contributed by atoms with Gasteiger partial charge in [-0.05, 0) is 37.0 Å². The number of rotatable bonds is 5. The fourth-order valence-corrected chi connectivity index (χ4v) is 1.74. The third-order valence-corrected chi connectivity index (χ3v) is 2.79. The van der Waals surface area contributed by atoms with E-state index in [4.69, 9.17) is 0 Å². The van der Waals surface area contributed by atoms with Gasteiger partial charge in [-0.1, -0.05) is 32.4 Å². The molecule has 1 aromatic rings. The number of aryl methyl sites for hydroxylation is 1. The van der Waals surface area contributed by atoms with Gasteiger partial charge >= 0.3 is 0 Å². The molecule has 0 atom stereocenters. The minimum Gasteiger partial charge on any atom is -0.326 e. The molecule has 0 saturated heterocycles. The number of hydrogen-bond donors (Lipinski definition) is 1. The van der Waals surface area contributed by atoms with Crippen LogP contribution in [-0.4, -0.2) is 5.91 Å². The van der Waals surface area contributed by atoms with Crippen molar-refractivity contribution in [3.8, 4) is 0 Å². The molecule has 1 rings (SSSR count). The van der Waals surface area contributed by atoms with Gasteiger partial charge < -0.3 is 5.32 Å². The first kappa shape index (κ1) is 12.8. The monoisotopic (exact) mass is 219 g/mol. The molecule has 0 radical (unpaired) electrons. The summed E-state index contributed by atoms with van der Waals surface area (Å²) in [5.41, 5.74) is 3.54. The Morgan fingerprint density at radius 2 is 2.06 bits per heavy atom. The number of carbonyl (C=O) groups is 1. The van der Waals surface area contributed by atoms with Gasteiger partial charge in [-0.2, -0.15) is 0 Å². The highest BCUT2D eigenvalue weighted by Crippen LogP contribution is 2.21. The smallest absolute Gasteiger partial charge is 0.224 e. The Hall–Kier alpha value is -1.31. The molecule has 0 spiro atoms. The summed E-state index contributed by atoms with van der Waals surface area (Å²) < 4.78 is 0. The van der Waals surface area contributed by atoms with E-state index in [1.165, 1.54) is 24.0 Å². The Morgan fingerprint density at radius 3 is 2.69 bits per heavy atom. The minimum atomic E-state index is 0.0864. The Labute approximate surface area is 98.1 Å². The summed E-state index contributed by atoms with van der Waals surface area (Å²) in [6, 6.07) is 6.09. The summed E-state index contributed by atoms with van der Waals surface area (Å²) in [5.74, 6) is 0.0864. The molecule has 1 amide bonds. The van der Waals surface area contributed by atoms with Crippen LogP contribution in [0.4, 0.5) is 5.69 Å². The maximum Gasteiger partial charge on any atom is 0.224 e. The second kappa shape index (κ2) is 6.31. The molecular weight excluding hydrogens is 198 g/mol. The summed E-state index contributed by atoms with van der Waals surface area (Å²) >= 11 is 0. The molecule has 0 heterocycles. The van der Waals surface area contributed by atoms with Gasteiger partial charge in [0.2, 0.25) is 5.91 Å². The van der Waals surface area contributed by atoms with E-state index in [1.807, 2.05) is 19.1 Å².